The first-order valence-electron chi connectivity index (χ1n) is 10.2. The Labute approximate surface area is 177 Å². The number of aliphatic imine (C=N–C) groups is 2. The second-order valence-corrected chi connectivity index (χ2v) is 8.69. The standard InChI is InChI=1S/C21H31N5O4/c1-6-18(27)23-15-11-26(20(28)30-21(2,3)4)12-16(15)25-19-22-13-8-7-9-17(29-5)14(10-13)24-19/h6-8,14-17H,1,9-12H2,2-5H3,(H,23,27)(H,24,25)/t14?,15?,16?,17-/m1/s1. The zero-order chi connectivity index (χ0) is 21.9. The van der Waals surface area contributed by atoms with Crippen molar-refractivity contribution in [3.63, 3.8) is 0 Å². The smallest absolute Gasteiger partial charge is 0.410 e. The van der Waals surface area contributed by atoms with Crippen molar-refractivity contribution in [2.75, 3.05) is 20.2 Å². The first-order chi connectivity index (χ1) is 14.2. The Hall–Kier alpha value is -2.68. The molecule has 164 valence electrons. The molecule has 1 fully saturated rings. The lowest BCUT2D eigenvalue weighted by atomic mass is 10.0. The van der Waals surface area contributed by atoms with Crippen LogP contribution in [0.25, 0.3) is 0 Å². The topological polar surface area (TPSA) is 105 Å². The number of nitrogens with one attached hydrogen (secondary N) is 2. The molecule has 3 aliphatic rings. The van der Waals surface area contributed by atoms with Gasteiger partial charge in [-0.05, 0) is 39.3 Å². The monoisotopic (exact) mass is 417 g/mol. The van der Waals surface area contributed by atoms with Gasteiger partial charge in [0.15, 0.2) is 0 Å². The van der Waals surface area contributed by atoms with Gasteiger partial charge in [-0.15, -0.1) is 0 Å². The highest BCUT2D eigenvalue weighted by molar-refractivity contribution is 6.05. The van der Waals surface area contributed by atoms with E-state index in [1.165, 1.54) is 6.08 Å². The minimum absolute atomic E-state index is 0.0100. The van der Waals surface area contributed by atoms with Crippen molar-refractivity contribution in [3.05, 3.63) is 24.8 Å². The zero-order valence-corrected chi connectivity index (χ0v) is 18.1. The zero-order valence-electron chi connectivity index (χ0n) is 18.1. The highest BCUT2D eigenvalue weighted by atomic mass is 16.6. The number of rotatable bonds is 4. The summed E-state index contributed by atoms with van der Waals surface area (Å²) in [5.74, 6) is 0.189. The molecule has 0 aromatic heterocycles. The minimum atomic E-state index is -0.598. The molecule has 9 nitrogen and oxygen atoms in total. The van der Waals surface area contributed by atoms with Crippen LogP contribution in [0.3, 0.4) is 0 Å². The number of amides is 2. The lowest BCUT2D eigenvalue weighted by molar-refractivity contribution is -0.117. The van der Waals surface area contributed by atoms with Gasteiger partial charge in [0.25, 0.3) is 0 Å². The van der Waals surface area contributed by atoms with E-state index in [1.807, 2.05) is 26.8 Å². The fraction of sp³-hybridized carbons (Fsp3) is 0.619. The van der Waals surface area contributed by atoms with Gasteiger partial charge in [0.05, 0.1) is 24.2 Å². The molecule has 30 heavy (non-hydrogen) atoms. The van der Waals surface area contributed by atoms with E-state index in [0.717, 1.165) is 18.6 Å². The maximum Gasteiger partial charge on any atom is 0.410 e. The summed E-state index contributed by atoms with van der Waals surface area (Å²) in [7, 11) is 1.69. The van der Waals surface area contributed by atoms with Gasteiger partial charge in [-0.1, -0.05) is 12.7 Å². The Morgan fingerprint density at radius 1 is 1.30 bits per heavy atom. The number of fused-ring (bicyclic) bond motifs is 2. The summed E-state index contributed by atoms with van der Waals surface area (Å²) in [5, 5.41) is 6.21. The third kappa shape index (κ3) is 5.47. The van der Waals surface area contributed by atoms with Crippen LogP contribution in [0.15, 0.2) is 34.8 Å². The summed E-state index contributed by atoms with van der Waals surface area (Å²) < 4.78 is 11.1. The Kier molecular flexibility index (Phi) is 6.60. The van der Waals surface area contributed by atoms with Crippen molar-refractivity contribution in [1.29, 1.82) is 0 Å². The van der Waals surface area contributed by atoms with Gasteiger partial charge in [0, 0.05) is 32.3 Å². The first-order valence-corrected chi connectivity index (χ1v) is 10.2. The maximum atomic E-state index is 12.5. The maximum absolute atomic E-state index is 12.5. The number of allylic oxidation sites excluding steroid dienone is 1. The molecular formula is C21H31N5O4. The van der Waals surface area contributed by atoms with Crippen LogP contribution in [-0.2, 0) is 14.3 Å². The van der Waals surface area contributed by atoms with Crippen LogP contribution in [0.4, 0.5) is 4.79 Å². The molecule has 0 spiro atoms. The van der Waals surface area contributed by atoms with Crippen molar-refractivity contribution >= 4 is 23.7 Å². The van der Waals surface area contributed by atoms with E-state index in [0.29, 0.717) is 19.0 Å². The third-order valence-corrected chi connectivity index (χ3v) is 5.17. The molecule has 0 aromatic carbocycles. The van der Waals surface area contributed by atoms with Crippen molar-refractivity contribution in [3.8, 4) is 0 Å². The van der Waals surface area contributed by atoms with Gasteiger partial charge in [0.2, 0.25) is 11.9 Å². The molecule has 2 N–H and O–H groups in total. The molecule has 1 aliphatic carbocycles. The average Bonchev–Trinajstić information content (AvgIpc) is 2.99. The number of hydrogen-bond donors (Lipinski definition) is 2. The van der Waals surface area contributed by atoms with Crippen molar-refractivity contribution in [1.82, 2.24) is 15.5 Å². The predicted molar refractivity (Wildman–Crippen MR) is 115 cm³/mol. The highest BCUT2D eigenvalue weighted by Crippen LogP contribution is 2.22. The van der Waals surface area contributed by atoms with Crippen molar-refractivity contribution < 1.29 is 19.1 Å². The molecule has 9 heteroatoms. The lowest BCUT2D eigenvalue weighted by Gasteiger charge is -2.26. The molecule has 2 amide bonds. The van der Waals surface area contributed by atoms with Crippen LogP contribution in [0.2, 0.25) is 0 Å². The third-order valence-electron chi connectivity index (χ3n) is 5.17. The van der Waals surface area contributed by atoms with Gasteiger partial charge < -0.3 is 25.0 Å². The van der Waals surface area contributed by atoms with Crippen LogP contribution in [-0.4, -0.2) is 78.6 Å². The summed E-state index contributed by atoms with van der Waals surface area (Å²) in [4.78, 5) is 35.4. The van der Waals surface area contributed by atoms with Crippen molar-refractivity contribution in [2.45, 2.75) is 63.4 Å². The minimum Gasteiger partial charge on any atom is -0.444 e. The quantitative estimate of drug-likeness (QED) is 0.673. The number of nitrogens with zero attached hydrogens (tertiary/aromatic N) is 3. The molecule has 2 aliphatic heterocycles. The largest absolute Gasteiger partial charge is 0.444 e. The van der Waals surface area contributed by atoms with Crippen LogP contribution in [0.1, 0.15) is 33.6 Å². The summed E-state index contributed by atoms with van der Waals surface area (Å²) in [6.07, 6.45) is 6.35. The van der Waals surface area contributed by atoms with Crippen molar-refractivity contribution in [2.24, 2.45) is 9.98 Å². The molecule has 0 aromatic rings. The second kappa shape index (κ2) is 8.99. The summed E-state index contributed by atoms with van der Waals surface area (Å²) in [5.41, 5.74) is 0.338. The number of ether oxygens (including phenoxy) is 2. The summed E-state index contributed by atoms with van der Waals surface area (Å²) >= 11 is 0. The van der Waals surface area contributed by atoms with E-state index < -0.39 is 11.7 Å². The normalized spacial score (nSPS) is 28.2. The fourth-order valence-electron chi connectivity index (χ4n) is 3.74. The number of guanidine groups is 1. The number of hydrogen-bond acceptors (Lipinski definition) is 7. The molecule has 0 saturated carbocycles. The van der Waals surface area contributed by atoms with E-state index >= 15 is 0 Å². The molecule has 1 saturated heterocycles. The Balaban J connectivity index is 1.76. The highest BCUT2D eigenvalue weighted by Gasteiger charge is 2.39. The van der Waals surface area contributed by atoms with E-state index in [9.17, 15) is 9.59 Å². The van der Waals surface area contributed by atoms with Gasteiger partial charge in [-0.3, -0.25) is 4.79 Å². The van der Waals surface area contributed by atoms with E-state index in [1.54, 1.807) is 12.0 Å². The molecule has 4 atom stereocenters. The van der Waals surface area contributed by atoms with E-state index in [2.05, 4.69) is 28.3 Å². The lowest BCUT2D eigenvalue weighted by Crippen LogP contribution is -2.51. The number of methoxy groups -OCH3 is 1. The molecule has 3 unspecified atom stereocenters. The van der Waals surface area contributed by atoms with Crippen LogP contribution >= 0.6 is 0 Å². The second-order valence-electron chi connectivity index (χ2n) is 8.69. The Morgan fingerprint density at radius 2 is 2.03 bits per heavy atom. The average molecular weight is 418 g/mol. The number of carbonyl (C=O) groups is 2. The van der Waals surface area contributed by atoms with Gasteiger partial charge in [0.1, 0.15) is 5.60 Å². The van der Waals surface area contributed by atoms with Gasteiger partial charge >= 0.3 is 6.09 Å². The molecule has 2 heterocycles. The summed E-state index contributed by atoms with van der Waals surface area (Å²) in [6.45, 7) is 9.65. The van der Waals surface area contributed by atoms with Crippen LogP contribution < -0.4 is 10.6 Å². The Morgan fingerprint density at radius 3 is 2.70 bits per heavy atom. The van der Waals surface area contributed by atoms with E-state index in [4.69, 9.17) is 14.5 Å². The van der Waals surface area contributed by atoms with Crippen LogP contribution in [0, 0.1) is 0 Å². The van der Waals surface area contributed by atoms with Crippen LogP contribution in [0.5, 0.6) is 0 Å². The molecule has 3 rings (SSSR count). The number of carbonyl (C=O) groups excluding carboxylic acids is 2. The number of likely N-dealkylation sites (tertiary alicyclic amines) is 1. The molecular weight excluding hydrogens is 386 g/mol. The predicted octanol–water partition coefficient (Wildman–Crippen LogP) is 1.41. The first kappa shape index (κ1) is 22.0. The van der Waals surface area contributed by atoms with E-state index in [-0.39, 0.29) is 30.1 Å². The SMILES string of the molecule is C=CC(=O)NC1CN(C(=O)OC(C)(C)C)CC1NC1=NC2CC(=N1)C=CC[C@H]2OC. The summed E-state index contributed by atoms with van der Waals surface area (Å²) in [6, 6.07) is -0.622. The Bertz CT molecular complexity index is 783. The molecule has 2 bridgehead atoms. The molecule has 0 radical (unpaired) electrons. The van der Waals surface area contributed by atoms with Gasteiger partial charge in [-0.2, -0.15) is 0 Å². The fourth-order valence-corrected chi connectivity index (χ4v) is 3.74. The van der Waals surface area contributed by atoms with Gasteiger partial charge in [-0.25, -0.2) is 14.8 Å².